The lowest BCUT2D eigenvalue weighted by atomic mass is 10.1. The monoisotopic (exact) mass is 313 g/mol. The van der Waals surface area contributed by atoms with Crippen LogP contribution in [0, 0.1) is 0 Å². The van der Waals surface area contributed by atoms with Gasteiger partial charge in [0.05, 0.1) is 11.1 Å². The van der Waals surface area contributed by atoms with Gasteiger partial charge in [-0.05, 0) is 12.1 Å². The molecule has 1 heterocycles. The smallest absolute Gasteiger partial charge is 0.420 e. The third-order valence-corrected chi connectivity index (χ3v) is 2.87. The highest BCUT2D eigenvalue weighted by Crippen LogP contribution is 2.45. The van der Waals surface area contributed by atoms with Crippen LogP contribution in [-0.4, -0.2) is 4.98 Å². The standard InChI is InChI=1S/C11H5F6NOS/c12-10(13,14)6-2-1-3-7(11(15,16)17)8(6)19-9-18-4-5-20-9/h1-5H. The zero-order valence-corrected chi connectivity index (χ0v) is 10.2. The van der Waals surface area contributed by atoms with E-state index < -0.39 is 29.2 Å². The third kappa shape index (κ3) is 3.03. The molecule has 2 aromatic rings. The van der Waals surface area contributed by atoms with Crippen LogP contribution in [0.1, 0.15) is 11.1 Å². The minimum atomic E-state index is -4.96. The molecule has 0 fully saturated rings. The maximum atomic E-state index is 12.8. The van der Waals surface area contributed by atoms with Gasteiger partial charge in [-0.3, -0.25) is 0 Å². The molecule has 20 heavy (non-hydrogen) atoms. The Kier molecular flexibility index (Phi) is 3.63. The molecule has 0 N–H and O–H groups in total. The summed E-state index contributed by atoms with van der Waals surface area (Å²) in [6, 6.07) is 1.73. The van der Waals surface area contributed by atoms with Crippen LogP contribution in [0.5, 0.6) is 10.9 Å². The summed E-state index contributed by atoms with van der Waals surface area (Å²) in [5.41, 5.74) is -3.00. The Morgan fingerprint density at radius 3 is 1.90 bits per heavy atom. The zero-order valence-electron chi connectivity index (χ0n) is 9.42. The molecule has 1 aromatic heterocycles. The first-order chi connectivity index (χ1) is 9.19. The van der Waals surface area contributed by atoms with Crippen LogP contribution < -0.4 is 4.74 Å². The molecule has 1 aromatic carbocycles. The molecule has 108 valence electrons. The number of rotatable bonds is 2. The van der Waals surface area contributed by atoms with Crippen molar-refractivity contribution in [3.63, 3.8) is 0 Å². The fraction of sp³-hybridized carbons (Fsp3) is 0.182. The molecule has 2 rings (SSSR count). The largest absolute Gasteiger partial charge is 0.430 e. The number of hydrogen-bond acceptors (Lipinski definition) is 3. The van der Waals surface area contributed by atoms with Gasteiger partial charge in [-0.1, -0.05) is 17.4 Å². The Hall–Kier alpha value is -1.77. The average molecular weight is 313 g/mol. The van der Waals surface area contributed by atoms with Crippen molar-refractivity contribution in [3.8, 4) is 10.9 Å². The van der Waals surface area contributed by atoms with Crippen LogP contribution in [0.3, 0.4) is 0 Å². The highest BCUT2D eigenvalue weighted by Gasteiger charge is 2.42. The zero-order chi connectivity index (χ0) is 15.0. The van der Waals surface area contributed by atoms with E-state index in [2.05, 4.69) is 4.98 Å². The lowest BCUT2D eigenvalue weighted by molar-refractivity contribution is -0.144. The number of ether oxygens (including phenoxy) is 1. The Balaban J connectivity index is 2.59. The van der Waals surface area contributed by atoms with Crippen LogP contribution in [0.15, 0.2) is 29.8 Å². The molecule has 0 amide bonds. The number of benzene rings is 1. The topological polar surface area (TPSA) is 22.1 Å². The predicted molar refractivity (Wildman–Crippen MR) is 58.6 cm³/mol. The Labute approximate surface area is 112 Å². The molecule has 0 unspecified atom stereocenters. The quantitative estimate of drug-likeness (QED) is 0.730. The molecule has 0 saturated carbocycles. The number of alkyl halides is 6. The van der Waals surface area contributed by atoms with E-state index in [1.807, 2.05) is 0 Å². The van der Waals surface area contributed by atoms with E-state index in [9.17, 15) is 26.3 Å². The van der Waals surface area contributed by atoms with E-state index in [0.29, 0.717) is 18.2 Å². The van der Waals surface area contributed by atoms with Crippen LogP contribution in [0.4, 0.5) is 26.3 Å². The van der Waals surface area contributed by atoms with Crippen molar-refractivity contribution in [1.29, 1.82) is 0 Å². The van der Waals surface area contributed by atoms with Gasteiger partial charge in [0.15, 0.2) is 5.75 Å². The lowest BCUT2D eigenvalue weighted by Gasteiger charge is -2.17. The minimum Gasteiger partial charge on any atom is -0.430 e. The maximum Gasteiger partial charge on any atom is 0.420 e. The van der Waals surface area contributed by atoms with E-state index in [-0.39, 0.29) is 5.19 Å². The van der Waals surface area contributed by atoms with E-state index in [1.165, 1.54) is 11.6 Å². The third-order valence-electron chi connectivity index (χ3n) is 2.22. The van der Waals surface area contributed by atoms with Crippen molar-refractivity contribution in [2.24, 2.45) is 0 Å². The van der Waals surface area contributed by atoms with Gasteiger partial charge >= 0.3 is 12.4 Å². The van der Waals surface area contributed by atoms with Crippen LogP contribution in [0.25, 0.3) is 0 Å². The molecule has 2 nitrogen and oxygen atoms in total. The molecule has 0 atom stereocenters. The van der Waals surface area contributed by atoms with E-state index >= 15 is 0 Å². The molecule has 0 saturated heterocycles. The Bertz CT molecular complexity index is 558. The van der Waals surface area contributed by atoms with Crippen molar-refractivity contribution in [1.82, 2.24) is 4.98 Å². The van der Waals surface area contributed by atoms with Gasteiger partial charge in [0, 0.05) is 11.6 Å². The summed E-state index contributed by atoms with van der Waals surface area (Å²) < 4.78 is 81.4. The Morgan fingerprint density at radius 2 is 1.50 bits per heavy atom. The van der Waals surface area contributed by atoms with Gasteiger partial charge < -0.3 is 4.74 Å². The first-order valence-electron chi connectivity index (χ1n) is 5.04. The summed E-state index contributed by atoms with van der Waals surface area (Å²) in [7, 11) is 0. The minimum absolute atomic E-state index is 0.299. The second-order valence-electron chi connectivity index (χ2n) is 3.58. The summed E-state index contributed by atoms with van der Waals surface area (Å²) >= 11 is 0.788. The Morgan fingerprint density at radius 1 is 0.950 bits per heavy atom. The maximum absolute atomic E-state index is 12.8. The van der Waals surface area contributed by atoms with Crippen molar-refractivity contribution in [2.45, 2.75) is 12.4 Å². The van der Waals surface area contributed by atoms with Gasteiger partial charge in [0.2, 0.25) is 0 Å². The highest BCUT2D eigenvalue weighted by atomic mass is 32.1. The molecule has 0 radical (unpaired) electrons. The normalized spacial score (nSPS) is 12.5. The summed E-state index contributed by atoms with van der Waals surface area (Å²) in [4.78, 5) is 3.52. The van der Waals surface area contributed by atoms with Gasteiger partial charge in [0.1, 0.15) is 0 Å². The van der Waals surface area contributed by atoms with Gasteiger partial charge in [-0.25, -0.2) is 4.98 Å². The summed E-state index contributed by atoms with van der Waals surface area (Å²) in [6.07, 6.45) is -8.72. The SMILES string of the molecule is FC(F)(F)c1cccc(C(F)(F)F)c1Oc1nccs1. The number of halogens is 6. The number of para-hydroxylation sites is 1. The van der Waals surface area contributed by atoms with Crippen molar-refractivity contribution in [2.75, 3.05) is 0 Å². The summed E-state index contributed by atoms with van der Waals surface area (Å²) in [6.45, 7) is 0. The lowest BCUT2D eigenvalue weighted by Crippen LogP contribution is -2.13. The molecule has 0 spiro atoms. The molecular weight excluding hydrogens is 308 g/mol. The molecule has 9 heteroatoms. The van der Waals surface area contributed by atoms with Crippen molar-refractivity contribution >= 4 is 11.3 Å². The van der Waals surface area contributed by atoms with E-state index in [4.69, 9.17) is 4.74 Å². The number of hydrogen-bond donors (Lipinski definition) is 0. The molecule has 0 aliphatic carbocycles. The van der Waals surface area contributed by atoms with Crippen molar-refractivity contribution < 1.29 is 31.1 Å². The fourth-order valence-corrected chi connectivity index (χ4v) is 1.93. The second-order valence-corrected chi connectivity index (χ2v) is 4.43. The van der Waals surface area contributed by atoms with Crippen LogP contribution >= 0.6 is 11.3 Å². The molecule has 0 bridgehead atoms. The highest BCUT2D eigenvalue weighted by molar-refractivity contribution is 7.11. The van der Waals surface area contributed by atoms with Gasteiger partial charge in [-0.15, -0.1) is 0 Å². The fourth-order valence-electron chi connectivity index (χ4n) is 1.44. The summed E-state index contributed by atoms with van der Waals surface area (Å²) in [5, 5.41) is 1.07. The van der Waals surface area contributed by atoms with Gasteiger partial charge in [0.25, 0.3) is 5.19 Å². The van der Waals surface area contributed by atoms with E-state index in [0.717, 1.165) is 11.3 Å². The summed E-state index contributed by atoms with van der Waals surface area (Å²) in [5.74, 6) is -1.29. The number of nitrogens with zero attached hydrogens (tertiary/aromatic N) is 1. The predicted octanol–water partition coefficient (Wildman–Crippen LogP) is 4.97. The molecule has 0 aliphatic rings. The first-order valence-corrected chi connectivity index (χ1v) is 5.92. The van der Waals surface area contributed by atoms with Crippen LogP contribution in [-0.2, 0) is 12.4 Å². The van der Waals surface area contributed by atoms with Crippen LogP contribution in [0.2, 0.25) is 0 Å². The average Bonchev–Trinajstić information content (AvgIpc) is 2.79. The number of thiazole rings is 1. The van der Waals surface area contributed by atoms with Gasteiger partial charge in [-0.2, -0.15) is 26.3 Å². The molecule has 0 aliphatic heterocycles. The first kappa shape index (κ1) is 14.6. The second kappa shape index (κ2) is 4.97. The van der Waals surface area contributed by atoms with E-state index in [1.54, 1.807) is 0 Å². The van der Waals surface area contributed by atoms with Crippen molar-refractivity contribution in [3.05, 3.63) is 40.9 Å². The number of aromatic nitrogens is 1. The molecular formula is C11H5F6NOS.